The maximum absolute atomic E-state index is 12.8. The quantitative estimate of drug-likeness (QED) is 0.283. The van der Waals surface area contributed by atoms with E-state index in [1.165, 1.54) is 23.0 Å². The maximum Gasteiger partial charge on any atom is 0.416 e. The minimum atomic E-state index is -4.51. The first kappa shape index (κ1) is 22.1. The zero-order chi connectivity index (χ0) is 23.6. The average molecular weight is 456 g/mol. The second kappa shape index (κ2) is 8.77. The molecule has 8 nitrogen and oxygen atoms in total. The fourth-order valence-corrected chi connectivity index (χ4v) is 3.28. The molecule has 33 heavy (non-hydrogen) atoms. The van der Waals surface area contributed by atoms with Crippen molar-refractivity contribution >= 4 is 17.6 Å². The van der Waals surface area contributed by atoms with Crippen LogP contribution in [0.25, 0.3) is 11.1 Å². The van der Waals surface area contributed by atoms with Gasteiger partial charge in [-0.25, -0.2) is 4.99 Å². The fraction of sp³-hybridized carbons (Fsp3) is 0.182. The number of rotatable bonds is 5. The summed E-state index contributed by atoms with van der Waals surface area (Å²) in [5.74, 6) is -0.0814. The topological polar surface area (TPSA) is 95.2 Å². The number of anilines is 1. The van der Waals surface area contributed by atoms with Gasteiger partial charge in [0.15, 0.2) is 0 Å². The predicted molar refractivity (Wildman–Crippen MR) is 111 cm³/mol. The van der Waals surface area contributed by atoms with Gasteiger partial charge in [-0.3, -0.25) is 9.20 Å². The number of benzene rings is 2. The molecule has 0 aliphatic carbocycles. The van der Waals surface area contributed by atoms with E-state index in [4.69, 9.17) is 4.52 Å². The highest BCUT2D eigenvalue weighted by Crippen LogP contribution is 2.30. The molecule has 1 N–H and O–H groups in total. The van der Waals surface area contributed by atoms with Crippen molar-refractivity contribution in [3.8, 4) is 11.1 Å². The Morgan fingerprint density at radius 3 is 2.64 bits per heavy atom. The fourth-order valence-electron chi connectivity index (χ4n) is 3.28. The van der Waals surface area contributed by atoms with Crippen molar-refractivity contribution in [2.75, 3.05) is 5.32 Å². The molecule has 0 amide bonds. The van der Waals surface area contributed by atoms with Crippen molar-refractivity contribution in [1.29, 1.82) is 0 Å². The molecule has 0 aliphatic rings. The Labute approximate surface area is 186 Å². The molecule has 0 radical (unpaired) electrons. The molecule has 4 aromatic rings. The van der Waals surface area contributed by atoms with Gasteiger partial charge in [-0.15, -0.1) is 0 Å². The molecule has 0 bridgehead atoms. The van der Waals surface area contributed by atoms with Crippen LogP contribution in [-0.2, 0) is 19.8 Å². The number of aliphatic imine (C=N–C) groups is 1. The molecule has 2 aromatic carbocycles. The lowest BCUT2D eigenvalue weighted by Crippen LogP contribution is -2.35. The van der Waals surface area contributed by atoms with Gasteiger partial charge in [-0.2, -0.15) is 18.3 Å². The van der Waals surface area contributed by atoms with Gasteiger partial charge < -0.3 is 10.4 Å². The van der Waals surface area contributed by atoms with E-state index in [1.54, 1.807) is 4.68 Å². The van der Waals surface area contributed by atoms with Crippen LogP contribution in [0, 0.1) is 6.92 Å². The number of alkyl halides is 3. The highest BCUT2D eigenvalue weighted by molar-refractivity contribution is 5.87. The van der Waals surface area contributed by atoms with Crippen molar-refractivity contribution in [3.05, 3.63) is 77.7 Å². The Morgan fingerprint density at radius 2 is 1.97 bits per heavy atom. The standard InChI is InChI=1S/C22H19F3N6O2/c1-14-19(12-30(2)28-14)16-8-6-15(7-9-16)11-31-13-20(33-29-31)27-21(32)26-18-5-3-4-17(10-18)22(23,24)25/h3-10,12-13H,11H2,1-2H3,(H-,26,27,29,32). The Kier molecular flexibility index (Phi) is 5.86. The Bertz CT molecular complexity index is 1290. The van der Waals surface area contributed by atoms with Crippen LogP contribution in [0.2, 0.25) is 0 Å². The lowest BCUT2D eigenvalue weighted by atomic mass is 10.1. The summed E-state index contributed by atoms with van der Waals surface area (Å²) in [5.41, 5.74) is 3.06. The summed E-state index contributed by atoms with van der Waals surface area (Å²) >= 11 is 0. The largest absolute Gasteiger partial charge is 0.846 e. The molecular weight excluding hydrogens is 437 g/mol. The van der Waals surface area contributed by atoms with Gasteiger partial charge in [0.05, 0.1) is 17.3 Å². The third-order valence-corrected chi connectivity index (χ3v) is 4.77. The van der Waals surface area contributed by atoms with Crippen LogP contribution in [0.5, 0.6) is 0 Å². The smallest absolute Gasteiger partial charge is 0.416 e. The molecule has 0 spiro atoms. The molecule has 0 unspecified atom stereocenters. The van der Waals surface area contributed by atoms with Crippen molar-refractivity contribution < 1.29 is 27.5 Å². The Morgan fingerprint density at radius 1 is 1.21 bits per heavy atom. The van der Waals surface area contributed by atoms with E-state index < -0.39 is 17.8 Å². The molecule has 0 aliphatic heterocycles. The van der Waals surface area contributed by atoms with E-state index in [-0.39, 0.29) is 11.6 Å². The Balaban J connectivity index is 1.41. The van der Waals surface area contributed by atoms with Crippen LogP contribution >= 0.6 is 0 Å². The number of aromatic nitrogens is 4. The van der Waals surface area contributed by atoms with E-state index in [0.29, 0.717) is 6.54 Å². The minimum absolute atomic E-state index is 0.0325. The number of hydrogen-bond donors (Lipinski definition) is 1. The summed E-state index contributed by atoms with van der Waals surface area (Å²) < 4.78 is 46.6. The second-order valence-electron chi connectivity index (χ2n) is 7.36. The zero-order valence-electron chi connectivity index (χ0n) is 17.7. The van der Waals surface area contributed by atoms with Crippen LogP contribution in [0.1, 0.15) is 16.8 Å². The minimum Gasteiger partial charge on any atom is -0.846 e. The third kappa shape index (κ3) is 5.37. The van der Waals surface area contributed by atoms with Crippen LogP contribution in [0.15, 0.2) is 70.4 Å². The SMILES string of the molecule is Cc1nn(C)cc1-c1ccc(C[n+]2cc(/N=C(\[O-])Nc3cccc(C(F)(F)F)c3)on2)cc1. The van der Waals surface area contributed by atoms with Crippen LogP contribution in [0.4, 0.5) is 24.7 Å². The van der Waals surface area contributed by atoms with Crippen molar-refractivity contribution in [1.82, 2.24) is 15.1 Å². The zero-order valence-corrected chi connectivity index (χ0v) is 17.7. The normalized spacial score (nSPS) is 12.2. The lowest BCUT2D eigenvalue weighted by Gasteiger charge is -2.14. The van der Waals surface area contributed by atoms with E-state index in [0.717, 1.165) is 34.5 Å². The predicted octanol–water partition coefficient (Wildman–Crippen LogP) is 3.20. The highest BCUT2D eigenvalue weighted by Gasteiger charge is 2.30. The first-order valence-corrected chi connectivity index (χ1v) is 9.83. The van der Waals surface area contributed by atoms with E-state index in [1.807, 2.05) is 44.4 Å². The highest BCUT2D eigenvalue weighted by atomic mass is 19.4. The molecule has 0 atom stereocenters. The summed E-state index contributed by atoms with van der Waals surface area (Å²) in [7, 11) is 1.87. The first-order chi connectivity index (χ1) is 15.7. The molecule has 2 aromatic heterocycles. The summed E-state index contributed by atoms with van der Waals surface area (Å²) in [6.07, 6.45) is -1.14. The van der Waals surface area contributed by atoms with Crippen molar-refractivity contribution in [2.45, 2.75) is 19.6 Å². The molecule has 170 valence electrons. The van der Waals surface area contributed by atoms with Crippen molar-refractivity contribution in [2.24, 2.45) is 12.0 Å². The van der Waals surface area contributed by atoms with E-state index in [2.05, 4.69) is 20.7 Å². The summed E-state index contributed by atoms with van der Waals surface area (Å²) in [6.45, 7) is 2.32. The number of nitrogens with zero attached hydrogens (tertiary/aromatic N) is 5. The average Bonchev–Trinajstić information content (AvgIpc) is 3.33. The van der Waals surface area contributed by atoms with Crippen LogP contribution in [-0.4, -0.2) is 21.1 Å². The monoisotopic (exact) mass is 456 g/mol. The Hall–Kier alpha value is -4.15. The third-order valence-electron chi connectivity index (χ3n) is 4.77. The van der Waals surface area contributed by atoms with E-state index >= 15 is 0 Å². The first-order valence-electron chi connectivity index (χ1n) is 9.83. The van der Waals surface area contributed by atoms with Gasteiger partial charge >= 0.3 is 12.1 Å². The van der Waals surface area contributed by atoms with Gasteiger partial charge in [-0.1, -0.05) is 30.3 Å². The number of aryl methyl sites for hydroxylation is 2. The summed E-state index contributed by atoms with van der Waals surface area (Å²) in [6, 6.07) is 11.2. The van der Waals surface area contributed by atoms with Gasteiger partial charge in [-0.05, 0) is 35.4 Å². The summed E-state index contributed by atoms with van der Waals surface area (Å²) in [5, 5.41) is 22.5. The lowest BCUT2D eigenvalue weighted by molar-refractivity contribution is -0.754. The number of halogens is 3. The molecule has 2 heterocycles. The van der Waals surface area contributed by atoms with Gasteiger partial charge in [0.25, 0.3) is 6.20 Å². The number of amidine groups is 1. The van der Waals surface area contributed by atoms with Gasteiger partial charge in [0.2, 0.25) is 11.8 Å². The van der Waals surface area contributed by atoms with Crippen LogP contribution < -0.4 is 15.1 Å². The second-order valence-corrected chi connectivity index (χ2v) is 7.36. The number of nitrogens with one attached hydrogen (secondary N) is 1. The molecule has 11 heteroatoms. The van der Waals surface area contributed by atoms with Crippen molar-refractivity contribution in [3.63, 3.8) is 0 Å². The molecular formula is C22H19F3N6O2. The van der Waals surface area contributed by atoms with Gasteiger partial charge in [0.1, 0.15) is 0 Å². The molecule has 4 rings (SSSR count). The van der Waals surface area contributed by atoms with Gasteiger partial charge in [0, 0.05) is 30.1 Å². The molecule has 0 saturated heterocycles. The summed E-state index contributed by atoms with van der Waals surface area (Å²) in [4.78, 5) is 3.68. The molecule has 0 fully saturated rings. The molecule has 0 saturated carbocycles. The number of hydrogen-bond acceptors (Lipinski definition) is 5. The van der Waals surface area contributed by atoms with Crippen LogP contribution in [0.3, 0.4) is 0 Å². The maximum atomic E-state index is 12.8. The van der Waals surface area contributed by atoms with E-state index in [9.17, 15) is 18.3 Å².